The van der Waals surface area contributed by atoms with Gasteiger partial charge in [0.1, 0.15) is 11.4 Å². The van der Waals surface area contributed by atoms with Crippen molar-refractivity contribution in [3.8, 4) is 5.75 Å². The minimum atomic E-state index is -0.426. The highest BCUT2D eigenvalue weighted by molar-refractivity contribution is 8.14. The predicted octanol–water partition coefficient (Wildman–Crippen LogP) is 2.56. The second-order valence-electron chi connectivity index (χ2n) is 6.83. The smallest absolute Gasteiger partial charge is 0.320 e. The van der Waals surface area contributed by atoms with Crippen LogP contribution in [0.5, 0.6) is 5.75 Å². The van der Waals surface area contributed by atoms with Crippen molar-refractivity contribution in [2.75, 3.05) is 17.8 Å². The number of amides is 1. The zero-order chi connectivity index (χ0) is 23.2. The zero-order valence-electron chi connectivity index (χ0n) is 18.0. The summed E-state index contributed by atoms with van der Waals surface area (Å²) >= 11 is 1.13. The lowest BCUT2D eigenvalue weighted by Gasteiger charge is -2.18. The van der Waals surface area contributed by atoms with Gasteiger partial charge in [0.2, 0.25) is 5.27 Å². The molecule has 1 aliphatic heterocycles. The van der Waals surface area contributed by atoms with Crippen molar-refractivity contribution in [1.82, 2.24) is 5.27 Å². The number of methoxy groups -OCH3 is 1. The maximum Gasteiger partial charge on any atom is 0.320 e. The molecule has 168 valence electrons. The summed E-state index contributed by atoms with van der Waals surface area (Å²) in [6, 6.07) is 16.5. The van der Waals surface area contributed by atoms with E-state index in [4.69, 9.17) is 9.26 Å². The summed E-state index contributed by atoms with van der Waals surface area (Å²) < 4.78 is 11.9. The van der Waals surface area contributed by atoms with Gasteiger partial charge in [-0.25, -0.2) is 9.98 Å². The normalized spacial score (nSPS) is 15.3. The van der Waals surface area contributed by atoms with Crippen LogP contribution in [0.15, 0.2) is 81.0 Å². The van der Waals surface area contributed by atoms with E-state index in [1.165, 1.54) is 9.58 Å². The van der Waals surface area contributed by atoms with Crippen molar-refractivity contribution in [3.63, 3.8) is 0 Å². The van der Waals surface area contributed by atoms with Crippen molar-refractivity contribution >= 4 is 46.4 Å². The van der Waals surface area contributed by atoms with E-state index in [2.05, 4.69) is 15.3 Å². The predicted molar refractivity (Wildman–Crippen MR) is 124 cm³/mol. The summed E-state index contributed by atoms with van der Waals surface area (Å²) in [6.07, 6.45) is 3.22. The fourth-order valence-corrected chi connectivity index (χ4v) is 3.88. The number of nitrogens with zero attached hydrogens (tertiary/aromatic N) is 5. The van der Waals surface area contributed by atoms with Gasteiger partial charge in [-0.15, -0.1) is 0 Å². The van der Waals surface area contributed by atoms with Crippen LogP contribution in [0.2, 0.25) is 0 Å². The number of ether oxygens (including phenoxy) is 1. The topological polar surface area (TPSA) is 107 Å². The first kappa shape index (κ1) is 22.3. The molecule has 0 fully saturated rings. The molecular formula is C23H21N5O4S. The van der Waals surface area contributed by atoms with Gasteiger partial charge in [-0.1, -0.05) is 52.8 Å². The standard InChI is InChI=1S/C23H21N5O4S/c1-3-27-14-21(32-26-27)25-20(29)15-33-23-24-18(13-16-9-7-8-12-19(16)31-2)22(30)28(23)17-10-5-4-6-11-17/h4-14H,3,15H2,1-2H3/b18-13+. The van der Waals surface area contributed by atoms with Gasteiger partial charge in [-0.2, -0.15) is 0 Å². The summed E-state index contributed by atoms with van der Waals surface area (Å²) in [5.74, 6) is 0.0155. The summed E-state index contributed by atoms with van der Waals surface area (Å²) in [7, 11) is 1.57. The molecule has 0 unspecified atom stereocenters. The number of aliphatic imine (C=N–C) groups is 2. The summed E-state index contributed by atoms with van der Waals surface area (Å²) in [5, 5.41) is 16.5. The molecule has 0 spiro atoms. The molecule has 2 heterocycles. The number of rotatable bonds is 7. The van der Waals surface area contributed by atoms with Crippen molar-refractivity contribution in [2.45, 2.75) is 13.5 Å². The van der Waals surface area contributed by atoms with E-state index >= 15 is 0 Å². The Kier molecular flexibility index (Phi) is 6.84. The minimum Gasteiger partial charge on any atom is -0.861 e. The van der Waals surface area contributed by atoms with Crippen LogP contribution >= 0.6 is 11.8 Å². The first-order valence-corrected chi connectivity index (χ1v) is 11.1. The van der Waals surface area contributed by atoms with E-state index < -0.39 is 5.90 Å². The van der Waals surface area contributed by atoms with Crippen LogP contribution in [0.4, 0.5) is 11.6 Å². The van der Waals surface area contributed by atoms with E-state index in [9.17, 15) is 9.90 Å². The number of amidine groups is 1. The van der Waals surface area contributed by atoms with Gasteiger partial charge in [0.15, 0.2) is 11.7 Å². The van der Waals surface area contributed by atoms with E-state index in [1.54, 1.807) is 19.4 Å². The summed E-state index contributed by atoms with van der Waals surface area (Å²) in [5.41, 5.74) is 1.63. The molecule has 4 rings (SSSR count). The number of aromatic nitrogens is 2. The molecule has 10 heteroatoms. The Morgan fingerprint density at radius 1 is 1.24 bits per heavy atom. The van der Waals surface area contributed by atoms with Gasteiger partial charge >= 0.3 is 5.88 Å². The van der Waals surface area contributed by atoms with Gasteiger partial charge in [-0.05, 0) is 37.1 Å². The third kappa shape index (κ3) is 5.12. The Labute approximate surface area is 194 Å². The minimum absolute atomic E-state index is 0.0236. The van der Waals surface area contributed by atoms with Crippen molar-refractivity contribution in [1.29, 1.82) is 0 Å². The average molecular weight is 464 g/mol. The number of para-hydroxylation sites is 2. The van der Waals surface area contributed by atoms with E-state index in [0.717, 1.165) is 17.3 Å². The van der Waals surface area contributed by atoms with E-state index in [1.807, 2.05) is 61.5 Å². The number of carbonyl (C=O) groups excluding carboxylic acids is 1. The SMILES string of the molecule is CC[n+]1cc(/N=C(/[O-])CSC2=N/C(=C/c3ccccc3OC)C(=O)N2c2ccccc2)on1. The Morgan fingerprint density at radius 3 is 2.73 bits per heavy atom. The van der Waals surface area contributed by atoms with E-state index in [-0.39, 0.29) is 23.2 Å². The molecule has 0 saturated heterocycles. The number of carbonyl (C=O) groups is 1. The zero-order valence-corrected chi connectivity index (χ0v) is 18.9. The van der Waals surface area contributed by atoms with Crippen LogP contribution in [0.3, 0.4) is 0 Å². The van der Waals surface area contributed by atoms with Crippen LogP contribution < -0.4 is 19.4 Å². The molecule has 33 heavy (non-hydrogen) atoms. The van der Waals surface area contributed by atoms with Crippen LogP contribution in [-0.2, 0) is 11.3 Å². The molecule has 0 saturated carbocycles. The molecule has 0 aliphatic carbocycles. The summed E-state index contributed by atoms with van der Waals surface area (Å²) in [6.45, 7) is 2.50. The third-order valence-corrected chi connectivity index (χ3v) is 5.58. The average Bonchev–Trinajstić information content (AvgIpc) is 3.42. The second kappa shape index (κ2) is 10.1. The van der Waals surface area contributed by atoms with Crippen LogP contribution in [0.25, 0.3) is 6.08 Å². The van der Waals surface area contributed by atoms with Crippen LogP contribution in [-0.4, -0.2) is 35.1 Å². The number of benzene rings is 2. The molecule has 0 N–H and O–H groups in total. The Morgan fingerprint density at radius 2 is 2.00 bits per heavy atom. The molecule has 0 bridgehead atoms. The van der Waals surface area contributed by atoms with Gasteiger partial charge in [0, 0.05) is 11.3 Å². The number of thioether (sulfide) groups is 1. The lowest BCUT2D eigenvalue weighted by molar-refractivity contribution is -0.759. The number of hydrogen-bond acceptors (Lipinski definition) is 8. The van der Waals surface area contributed by atoms with Crippen molar-refractivity contribution in [3.05, 3.63) is 72.1 Å². The molecule has 2 aromatic carbocycles. The highest BCUT2D eigenvalue weighted by Crippen LogP contribution is 2.30. The monoisotopic (exact) mass is 463 g/mol. The summed E-state index contributed by atoms with van der Waals surface area (Å²) in [4.78, 5) is 23.2. The Hall–Kier alpha value is -3.92. The molecule has 3 aromatic rings. The number of aryl methyl sites for hydroxylation is 1. The van der Waals surface area contributed by atoms with E-state index in [0.29, 0.717) is 23.1 Å². The van der Waals surface area contributed by atoms with Gasteiger partial charge in [-0.3, -0.25) is 14.2 Å². The molecule has 1 aromatic heterocycles. The maximum absolute atomic E-state index is 13.2. The second-order valence-corrected chi connectivity index (χ2v) is 7.77. The van der Waals surface area contributed by atoms with Gasteiger partial charge in [0.25, 0.3) is 12.1 Å². The molecule has 1 aliphatic rings. The largest absolute Gasteiger partial charge is 0.861 e. The number of hydrogen-bond donors (Lipinski definition) is 0. The molecule has 1 amide bonds. The van der Waals surface area contributed by atoms with Crippen molar-refractivity contribution in [2.24, 2.45) is 9.98 Å². The number of anilines is 1. The van der Waals surface area contributed by atoms with Crippen LogP contribution in [0, 0.1) is 0 Å². The highest BCUT2D eigenvalue weighted by Gasteiger charge is 2.32. The first-order valence-electron chi connectivity index (χ1n) is 10.2. The quantitative estimate of drug-likeness (QED) is 0.231. The fourth-order valence-electron chi connectivity index (χ4n) is 3.08. The molecule has 9 nitrogen and oxygen atoms in total. The van der Waals surface area contributed by atoms with Crippen molar-refractivity contribution < 1.29 is 23.8 Å². The van der Waals surface area contributed by atoms with Gasteiger partial charge < -0.3 is 9.84 Å². The first-order chi connectivity index (χ1) is 16.1. The molecular weight excluding hydrogens is 442 g/mol. The van der Waals surface area contributed by atoms with Gasteiger partial charge in [0.05, 0.1) is 12.8 Å². The Balaban J connectivity index is 1.61. The Bertz CT molecular complexity index is 1240. The molecule has 0 radical (unpaired) electrons. The van der Waals surface area contributed by atoms with Crippen LogP contribution in [0.1, 0.15) is 12.5 Å². The maximum atomic E-state index is 13.2. The fraction of sp³-hybridized carbons (Fsp3) is 0.174. The lowest BCUT2D eigenvalue weighted by atomic mass is 10.1. The molecule has 0 atom stereocenters. The third-order valence-electron chi connectivity index (χ3n) is 4.66. The highest BCUT2D eigenvalue weighted by atomic mass is 32.2. The lowest BCUT2D eigenvalue weighted by Crippen LogP contribution is -2.32.